The quantitative estimate of drug-likeness (QED) is 0.628. The third-order valence-electron chi connectivity index (χ3n) is 6.22. The van der Waals surface area contributed by atoms with Crippen LogP contribution in [0.15, 0.2) is 48.5 Å². The van der Waals surface area contributed by atoms with E-state index in [1.165, 1.54) is 4.90 Å². The Balaban J connectivity index is 1.60. The molecule has 2 fully saturated rings. The summed E-state index contributed by atoms with van der Waals surface area (Å²) < 4.78 is 24.9. The second-order valence-electron chi connectivity index (χ2n) is 8.73. The highest BCUT2D eigenvalue weighted by Gasteiger charge is 2.54. The molecule has 8 heteroatoms. The molecule has 2 unspecified atom stereocenters. The Morgan fingerprint density at radius 1 is 1.03 bits per heavy atom. The molecule has 2 saturated heterocycles. The van der Waals surface area contributed by atoms with Crippen molar-refractivity contribution in [3.05, 3.63) is 65.2 Å². The van der Waals surface area contributed by atoms with Crippen molar-refractivity contribution in [2.45, 2.75) is 39.4 Å². The summed E-state index contributed by atoms with van der Waals surface area (Å²) in [5, 5.41) is 0. The monoisotopic (exact) mass is 455 g/mol. The first kappa shape index (κ1) is 22.3. The van der Waals surface area contributed by atoms with Gasteiger partial charge in [0.2, 0.25) is 5.91 Å². The predicted octanol–water partition coefficient (Wildman–Crippen LogP) is 2.76. The summed E-state index contributed by atoms with van der Waals surface area (Å²) in [7, 11) is -3.29. The number of urea groups is 1. The third-order valence-corrected chi connectivity index (χ3v) is 7.92. The van der Waals surface area contributed by atoms with Gasteiger partial charge < -0.3 is 9.80 Å². The van der Waals surface area contributed by atoms with Crippen LogP contribution in [0.2, 0.25) is 0 Å². The SMILES string of the molecule is CCN(Cc1ccccc1)C(=O)CN1C(=O)N(c2cc(C)cc(C)c2)C2CS(=O)(=O)CC21. The van der Waals surface area contributed by atoms with E-state index in [1.807, 2.05) is 69.3 Å². The zero-order valence-electron chi connectivity index (χ0n) is 18.7. The van der Waals surface area contributed by atoms with Crippen LogP contribution in [0.3, 0.4) is 0 Å². The van der Waals surface area contributed by atoms with Crippen LogP contribution in [-0.2, 0) is 21.2 Å². The van der Waals surface area contributed by atoms with Gasteiger partial charge in [0.15, 0.2) is 9.84 Å². The van der Waals surface area contributed by atoms with Crippen molar-refractivity contribution in [2.75, 3.05) is 29.5 Å². The van der Waals surface area contributed by atoms with Crippen LogP contribution in [-0.4, -0.2) is 66.8 Å². The zero-order valence-corrected chi connectivity index (χ0v) is 19.5. The highest BCUT2D eigenvalue weighted by atomic mass is 32.2. The van der Waals surface area contributed by atoms with Crippen molar-refractivity contribution in [3.8, 4) is 0 Å². The third kappa shape index (κ3) is 4.37. The minimum Gasteiger partial charge on any atom is -0.337 e. The van der Waals surface area contributed by atoms with Crippen molar-refractivity contribution >= 4 is 27.5 Å². The smallest absolute Gasteiger partial charge is 0.325 e. The first-order valence-corrected chi connectivity index (χ1v) is 12.7. The summed E-state index contributed by atoms with van der Waals surface area (Å²) in [6, 6.07) is 14.2. The number of benzene rings is 2. The van der Waals surface area contributed by atoms with E-state index in [2.05, 4.69) is 0 Å². The van der Waals surface area contributed by atoms with Gasteiger partial charge in [0.05, 0.1) is 23.6 Å². The predicted molar refractivity (Wildman–Crippen MR) is 124 cm³/mol. The number of rotatable bonds is 6. The number of hydrogen-bond acceptors (Lipinski definition) is 4. The van der Waals surface area contributed by atoms with Gasteiger partial charge in [-0.1, -0.05) is 36.4 Å². The zero-order chi connectivity index (χ0) is 23.0. The summed E-state index contributed by atoms with van der Waals surface area (Å²) in [5.41, 5.74) is 3.69. The normalized spacial score (nSPS) is 21.7. The van der Waals surface area contributed by atoms with Crippen molar-refractivity contribution in [3.63, 3.8) is 0 Å². The van der Waals surface area contributed by atoms with E-state index in [0.29, 0.717) is 18.8 Å². The Kier molecular flexibility index (Phi) is 5.99. The fourth-order valence-corrected chi connectivity index (χ4v) is 6.73. The van der Waals surface area contributed by atoms with Gasteiger partial charge in [-0.25, -0.2) is 13.2 Å². The van der Waals surface area contributed by atoms with E-state index in [1.54, 1.807) is 9.80 Å². The van der Waals surface area contributed by atoms with Gasteiger partial charge in [-0.05, 0) is 49.6 Å². The van der Waals surface area contributed by atoms with Gasteiger partial charge in [0.25, 0.3) is 0 Å². The van der Waals surface area contributed by atoms with Gasteiger partial charge in [-0.15, -0.1) is 0 Å². The molecule has 2 aliphatic heterocycles. The topological polar surface area (TPSA) is 78.0 Å². The molecule has 2 atom stereocenters. The molecule has 4 rings (SSSR count). The lowest BCUT2D eigenvalue weighted by molar-refractivity contribution is -0.132. The van der Waals surface area contributed by atoms with E-state index in [-0.39, 0.29) is 30.0 Å². The van der Waals surface area contributed by atoms with Crippen LogP contribution >= 0.6 is 0 Å². The molecule has 0 spiro atoms. The number of likely N-dealkylation sites (N-methyl/N-ethyl adjacent to an activating group) is 1. The highest BCUT2D eigenvalue weighted by Crippen LogP contribution is 2.35. The van der Waals surface area contributed by atoms with Crippen molar-refractivity contribution in [1.29, 1.82) is 0 Å². The minimum atomic E-state index is -3.29. The fraction of sp³-hybridized carbons (Fsp3) is 0.417. The largest absolute Gasteiger partial charge is 0.337 e. The fourth-order valence-electron chi connectivity index (χ4n) is 4.78. The Bertz CT molecular complexity index is 1110. The second kappa shape index (κ2) is 8.58. The maximum Gasteiger partial charge on any atom is 0.325 e. The molecule has 2 aliphatic rings. The van der Waals surface area contributed by atoms with Crippen molar-refractivity contribution in [2.24, 2.45) is 0 Å². The van der Waals surface area contributed by atoms with Gasteiger partial charge in [-0.2, -0.15) is 0 Å². The molecule has 32 heavy (non-hydrogen) atoms. The molecular weight excluding hydrogens is 426 g/mol. The number of aryl methyl sites for hydroxylation is 2. The molecule has 2 heterocycles. The van der Waals surface area contributed by atoms with Crippen LogP contribution in [0.5, 0.6) is 0 Å². The molecule has 0 saturated carbocycles. The summed E-state index contributed by atoms with van der Waals surface area (Å²) in [4.78, 5) is 31.3. The van der Waals surface area contributed by atoms with E-state index < -0.39 is 21.9 Å². The van der Waals surface area contributed by atoms with Crippen LogP contribution in [0.1, 0.15) is 23.6 Å². The van der Waals surface area contributed by atoms with Crippen LogP contribution < -0.4 is 4.90 Å². The van der Waals surface area contributed by atoms with Gasteiger partial charge in [-0.3, -0.25) is 9.69 Å². The van der Waals surface area contributed by atoms with Crippen LogP contribution in [0.4, 0.5) is 10.5 Å². The molecule has 0 N–H and O–H groups in total. The Morgan fingerprint density at radius 3 is 2.28 bits per heavy atom. The Morgan fingerprint density at radius 2 is 1.66 bits per heavy atom. The summed E-state index contributed by atoms with van der Waals surface area (Å²) >= 11 is 0. The molecule has 2 aromatic rings. The number of sulfone groups is 1. The standard InChI is InChI=1S/C24H29N3O4S/c1-4-25(13-19-8-6-5-7-9-19)23(28)14-26-21-15-32(30,31)16-22(21)27(24(26)29)20-11-17(2)10-18(3)12-20/h5-12,21-22H,4,13-16H2,1-3H3. The number of carbonyl (C=O) groups excluding carboxylic acids is 2. The molecule has 7 nitrogen and oxygen atoms in total. The maximum atomic E-state index is 13.4. The molecule has 2 aromatic carbocycles. The first-order chi connectivity index (χ1) is 15.2. The number of nitrogens with zero attached hydrogens (tertiary/aromatic N) is 3. The van der Waals surface area contributed by atoms with Crippen LogP contribution in [0.25, 0.3) is 0 Å². The number of amides is 3. The molecule has 0 bridgehead atoms. The van der Waals surface area contributed by atoms with Gasteiger partial charge in [0.1, 0.15) is 6.54 Å². The summed E-state index contributed by atoms with van der Waals surface area (Å²) in [6.45, 7) is 6.62. The van der Waals surface area contributed by atoms with E-state index in [4.69, 9.17) is 0 Å². The molecule has 0 aliphatic carbocycles. The lowest BCUT2D eigenvalue weighted by Gasteiger charge is -2.26. The molecule has 170 valence electrons. The lowest BCUT2D eigenvalue weighted by atomic mass is 10.1. The average Bonchev–Trinajstić information content (AvgIpc) is 3.16. The van der Waals surface area contributed by atoms with E-state index in [0.717, 1.165) is 16.7 Å². The number of hydrogen-bond donors (Lipinski definition) is 0. The Labute approximate surface area is 189 Å². The molecule has 0 radical (unpaired) electrons. The number of anilines is 1. The van der Waals surface area contributed by atoms with Crippen molar-refractivity contribution < 1.29 is 18.0 Å². The summed E-state index contributed by atoms with van der Waals surface area (Å²) in [5.74, 6) is -0.374. The summed E-state index contributed by atoms with van der Waals surface area (Å²) in [6.07, 6.45) is 0. The number of fused-ring (bicyclic) bond motifs is 1. The van der Waals surface area contributed by atoms with Gasteiger partial charge >= 0.3 is 6.03 Å². The van der Waals surface area contributed by atoms with E-state index in [9.17, 15) is 18.0 Å². The molecular formula is C24H29N3O4S. The highest BCUT2D eigenvalue weighted by molar-refractivity contribution is 7.91. The second-order valence-corrected chi connectivity index (χ2v) is 10.9. The lowest BCUT2D eigenvalue weighted by Crippen LogP contribution is -2.45. The van der Waals surface area contributed by atoms with Crippen LogP contribution in [0, 0.1) is 13.8 Å². The van der Waals surface area contributed by atoms with Crippen molar-refractivity contribution in [1.82, 2.24) is 9.80 Å². The Hall–Kier alpha value is -2.87. The number of carbonyl (C=O) groups is 2. The van der Waals surface area contributed by atoms with Gasteiger partial charge in [0, 0.05) is 18.8 Å². The maximum absolute atomic E-state index is 13.4. The molecule has 3 amide bonds. The van der Waals surface area contributed by atoms with E-state index >= 15 is 0 Å². The molecule has 0 aromatic heterocycles. The average molecular weight is 456 g/mol. The minimum absolute atomic E-state index is 0.0808. The first-order valence-electron chi connectivity index (χ1n) is 10.9.